The molecule has 0 N–H and O–H groups in total. The quantitative estimate of drug-likeness (QED) is 0.153. The molecule has 0 unspecified atom stereocenters. The van der Waals surface area contributed by atoms with E-state index in [-0.39, 0.29) is 17.7 Å². The lowest BCUT2D eigenvalue weighted by Crippen LogP contribution is -2.62. The second-order valence-corrected chi connectivity index (χ2v) is 20.3. The van der Waals surface area contributed by atoms with Crippen LogP contribution in [0.25, 0.3) is 32.3 Å². The molecule has 0 bridgehead atoms. The van der Waals surface area contributed by atoms with Crippen molar-refractivity contribution >= 4 is 66.9 Å². The van der Waals surface area contributed by atoms with Crippen LogP contribution in [0.3, 0.4) is 0 Å². The van der Waals surface area contributed by atoms with Crippen molar-refractivity contribution in [2.75, 3.05) is 9.71 Å². The van der Waals surface area contributed by atoms with Crippen molar-refractivity contribution in [3.05, 3.63) is 184 Å². The molecule has 13 rings (SSSR count). The first-order chi connectivity index (χ1) is 28.6. The molecule has 0 fully saturated rings. The molecule has 5 aliphatic rings. The minimum Gasteiger partial charge on any atom is -0.375 e. The highest BCUT2D eigenvalue weighted by Gasteiger charge is 2.56. The van der Waals surface area contributed by atoms with Gasteiger partial charge in [0, 0.05) is 43.2 Å². The van der Waals surface area contributed by atoms with E-state index in [0.717, 1.165) is 0 Å². The third kappa shape index (κ3) is 4.09. The number of hydrogen-bond acceptors (Lipinski definition) is 3. The lowest BCUT2D eigenvalue weighted by atomic mass is 9.45. The van der Waals surface area contributed by atoms with E-state index in [1.807, 2.05) is 11.3 Å². The molecule has 1 aromatic heterocycles. The van der Waals surface area contributed by atoms with Crippen LogP contribution in [-0.2, 0) is 16.2 Å². The highest BCUT2D eigenvalue weighted by atomic mass is 32.1. The summed E-state index contributed by atoms with van der Waals surface area (Å²) in [6.45, 7) is 14.5. The second-order valence-electron chi connectivity index (χ2n) is 19.2. The van der Waals surface area contributed by atoms with Crippen molar-refractivity contribution in [1.82, 2.24) is 0 Å². The van der Waals surface area contributed by atoms with Gasteiger partial charge in [0.05, 0.1) is 11.1 Å². The number of thiophene rings is 1. The van der Waals surface area contributed by atoms with E-state index in [0.29, 0.717) is 0 Å². The van der Waals surface area contributed by atoms with Gasteiger partial charge in [0.15, 0.2) is 0 Å². The molecule has 2 nitrogen and oxygen atoms in total. The molecule has 4 heteroatoms. The van der Waals surface area contributed by atoms with Crippen molar-refractivity contribution in [3.8, 4) is 22.3 Å². The molecular weight excluding hydrogens is 731 g/mol. The summed E-state index contributed by atoms with van der Waals surface area (Å²) in [4.78, 5) is 5.46. The summed E-state index contributed by atoms with van der Waals surface area (Å²) in [6.07, 6.45) is 2.40. The molecule has 59 heavy (non-hydrogen) atoms. The van der Waals surface area contributed by atoms with Crippen LogP contribution < -0.4 is 20.0 Å². The molecule has 2 aliphatic carbocycles. The van der Waals surface area contributed by atoms with Gasteiger partial charge in [-0.05, 0) is 128 Å². The molecule has 1 spiro atoms. The number of benzene rings is 7. The molecule has 0 radical (unpaired) electrons. The third-order valence-corrected chi connectivity index (χ3v) is 16.3. The number of aryl methyl sites for hydroxylation is 2. The van der Waals surface area contributed by atoms with Crippen molar-refractivity contribution in [1.29, 1.82) is 0 Å². The lowest BCUT2D eigenvalue weighted by molar-refractivity contribution is 0.332. The topological polar surface area (TPSA) is 6.48 Å². The number of para-hydroxylation sites is 2. The van der Waals surface area contributed by atoms with Crippen molar-refractivity contribution < 1.29 is 0 Å². The lowest BCUT2D eigenvalue weighted by Gasteiger charge is -2.52. The number of anilines is 5. The smallest absolute Gasteiger partial charge is 0.343 e. The van der Waals surface area contributed by atoms with Crippen LogP contribution in [0.5, 0.6) is 0 Å². The zero-order valence-electron chi connectivity index (χ0n) is 34.6. The highest BCUT2D eigenvalue weighted by molar-refractivity contribution is 7.32. The Kier molecular flexibility index (Phi) is 6.50. The van der Waals surface area contributed by atoms with Gasteiger partial charge >= 0.3 is 6.85 Å². The Balaban J connectivity index is 1.17. The predicted molar refractivity (Wildman–Crippen MR) is 251 cm³/mol. The number of hydrogen-bond donors (Lipinski definition) is 0. The minimum absolute atomic E-state index is 0.00315. The van der Waals surface area contributed by atoms with Crippen molar-refractivity contribution in [2.24, 2.45) is 0 Å². The number of nitrogens with zero attached hydrogens (tertiary/aromatic N) is 2. The summed E-state index contributed by atoms with van der Waals surface area (Å²) >= 11 is 1.99. The fourth-order valence-electron chi connectivity index (χ4n) is 12.3. The number of rotatable bonds is 1. The van der Waals surface area contributed by atoms with Gasteiger partial charge in [-0.25, -0.2) is 0 Å². The van der Waals surface area contributed by atoms with E-state index in [9.17, 15) is 0 Å². The second kappa shape index (κ2) is 11.3. The Morgan fingerprint density at radius 3 is 1.86 bits per heavy atom. The van der Waals surface area contributed by atoms with Gasteiger partial charge in [-0.2, -0.15) is 0 Å². The summed E-state index contributed by atoms with van der Waals surface area (Å²) in [5.74, 6) is 0. The van der Waals surface area contributed by atoms with Gasteiger partial charge in [-0.1, -0.05) is 143 Å². The third-order valence-electron chi connectivity index (χ3n) is 15.0. The van der Waals surface area contributed by atoms with Gasteiger partial charge < -0.3 is 9.71 Å². The van der Waals surface area contributed by atoms with Gasteiger partial charge in [0.1, 0.15) is 0 Å². The van der Waals surface area contributed by atoms with E-state index in [1.54, 1.807) is 0 Å². The molecule has 284 valence electrons. The largest absolute Gasteiger partial charge is 0.375 e. The average Bonchev–Trinajstić information content (AvgIpc) is 3.77. The molecule has 0 saturated heterocycles. The van der Waals surface area contributed by atoms with E-state index >= 15 is 0 Å². The maximum absolute atomic E-state index is 2.77. The van der Waals surface area contributed by atoms with Crippen LogP contribution in [0.4, 0.5) is 28.4 Å². The Morgan fingerprint density at radius 2 is 1.12 bits per heavy atom. The fraction of sp³-hybridized carbons (Fsp3) is 0.200. The predicted octanol–water partition coefficient (Wildman–Crippen LogP) is 13.3. The van der Waals surface area contributed by atoms with Crippen molar-refractivity contribution in [2.45, 2.75) is 70.6 Å². The first-order valence-electron chi connectivity index (χ1n) is 21.4. The van der Waals surface area contributed by atoms with Gasteiger partial charge in [-0.15, -0.1) is 11.3 Å². The average molecular weight is 777 g/mol. The van der Waals surface area contributed by atoms with Crippen LogP contribution in [0.15, 0.2) is 140 Å². The summed E-state index contributed by atoms with van der Waals surface area (Å²) in [5.41, 5.74) is 24.3. The van der Waals surface area contributed by atoms with Crippen LogP contribution in [-0.4, -0.2) is 6.85 Å². The molecule has 8 aromatic rings. The Labute approximate surface area is 351 Å². The number of fused-ring (bicyclic) bond motifs is 16. The zero-order chi connectivity index (χ0) is 39.7. The fourth-order valence-corrected chi connectivity index (χ4v) is 13.6. The van der Waals surface area contributed by atoms with E-state index in [1.165, 1.54) is 128 Å². The summed E-state index contributed by atoms with van der Waals surface area (Å²) in [5, 5.41) is 1.33. The van der Waals surface area contributed by atoms with E-state index < -0.39 is 5.41 Å². The monoisotopic (exact) mass is 776 g/mol. The maximum atomic E-state index is 2.77. The first-order valence-corrected chi connectivity index (χ1v) is 22.2. The van der Waals surface area contributed by atoms with Gasteiger partial charge in [-0.3, -0.25) is 0 Å². The normalized spacial score (nSPS) is 17.5. The molecule has 0 saturated carbocycles. The minimum atomic E-state index is -0.444. The molecule has 7 aromatic carbocycles. The van der Waals surface area contributed by atoms with Crippen LogP contribution in [0.2, 0.25) is 0 Å². The Morgan fingerprint density at radius 1 is 0.508 bits per heavy atom. The van der Waals surface area contributed by atoms with E-state index in [4.69, 9.17) is 0 Å². The summed E-state index contributed by atoms with van der Waals surface area (Å²) < 4.78 is 2.75. The summed E-state index contributed by atoms with van der Waals surface area (Å²) in [6, 6.07) is 54.2. The van der Waals surface area contributed by atoms with E-state index in [2.05, 4.69) is 191 Å². The maximum Gasteiger partial charge on any atom is 0.343 e. The molecule has 0 amide bonds. The van der Waals surface area contributed by atoms with Crippen LogP contribution >= 0.6 is 11.3 Å². The SMILES string of the molecule is Cc1cc2c3c(c1)N(c1cc4c(cc1C)C(C)(C)CCC4(C)C)c1c(sc4ccccc14)B3N1c3ccccc3C3(c4ccccc4-c4ccccc43)c3cccc-2c31. The van der Waals surface area contributed by atoms with Crippen LogP contribution in [0, 0.1) is 13.8 Å². The first kappa shape index (κ1) is 34.1. The zero-order valence-corrected chi connectivity index (χ0v) is 35.4. The van der Waals surface area contributed by atoms with Gasteiger partial charge in [0.25, 0.3) is 0 Å². The Bertz CT molecular complexity index is 3140. The molecule has 3 aliphatic heterocycles. The Hall–Kier alpha value is -5.84. The highest BCUT2D eigenvalue weighted by Crippen LogP contribution is 2.65. The molecular formula is C55H45BN2S. The molecule has 4 heterocycles. The van der Waals surface area contributed by atoms with Crippen LogP contribution in [0.1, 0.15) is 85.0 Å². The summed E-state index contributed by atoms with van der Waals surface area (Å²) in [7, 11) is 0. The standard InChI is InChI=1S/C55H45BN2S/c1-32-28-38-36-19-15-23-42-50(36)58(45-24-13-12-22-41(45)55(42)39-20-10-7-16-34(39)35-17-8-11-21-40(35)55)56-49(38)47(29-32)57(51-37-18-9-14-25-48(37)59-52(51)56)46-31-44-43(30-33(46)2)53(3,4)26-27-54(44,5)6/h7-25,28-31H,26-27H2,1-6H3. The van der Waals surface area contributed by atoms with Crippen molar-refractivity contribution in [3.63, 3.8) is 0 Å². The van der Waals surface area contributed by atoms with Gasteiger partial charge in [0.2, 0.25) is 0 Å². The molecule has 0 atom stereocenters.